The SMILES string of the molecule is CCOC(=O)CNc1cccc(C(C)=O)c1. The van der Waals surface area contributed by atoms with Crippen molar-refractivity contribution in [3.8, 4) is 0 Å². The minimum Gasteiger partial charge on any atom is -0.465 e. The van der Waals surface area contributed by atoms with Crippen LogP contribution >= 0.6 is 0 Å². The van der Waals surface area contributed by atoms with Gasteiger partial charge in [-0.2, -0.15) is 0 Å². The van der Waals surface area contributed by atoms with Crippen LogP contribution in [0.25, 0.3) is 0 Å². The lowest BCUT2D eigenvalue weighted by Gasteiger charge is -2.06. The molecular formula is C12H15NO3. The molecule has 0 aliphatic heterocycles. The second-order valence-electron chi connectivity index (χ2n) is 3.30. The Morgan fingerprint density at radius 3 is 2.75 bits per heavy atom. The maximum Gasteiger partial charge on any atom is 0.325 e. The van der Waals surface area contributed by atoms with Gasteiger partial charge in [0.05, 0.1) is 6.61 Å². The minimum absolute atomic E-state index is 0.000199. The van der Waals surface area contributed by atoms with Crippen molar-refractivity contribution in [1.82, 2.24) is 0 Å². The topological polar surface area (TPSA) is 55.4 Å². The first-order valence-electron chi connectivity index (χ1n) is 5.14. The zero-order valence-electron chi connectivity index (χ0n) is 9.45. The zero-order valence-corrected chi connectivity index (χ0v) is 9.45. The van der Waals surface area contributed by atoms with Gasteiger partial charge in [-0.05, 0) is 26.0 Å². The molecule has 1 N–H and O–H groups in total. The van der Waals surface area contributed by atoms with Crippen molar-refractivity contribution in [3.05, 3.63) is 29.8 Å². The molecule has 0 aliphatic rings. The first-order chi connectivity index (χ1) is 7.63. The van der Waals surface area contributed by atoms with E-state index in [-0.39, 0.29) is 18.3 Å². The highest BCUT2D eigenvalue weighted by molar-refractivity contribution is 5.95. The van der Waals surface area contributed by atoms with Crippen LogP contribution in [0.15, 0.2) is 24.3 Å². The summed E-state index contributed by atoms with van der Waals surface area (Å²) in [5, 5.41) is 2.90. The second kappa shape index (κ2) is 5.90. The van der Waals surface area contributed by atoms with E-state index in [0.29, 0.717) is 12.2 Å². The van der Waals surface area contributed by atoms with Gasteiger partial charge in [0.2, 0.25) is 0 Å². The summed E-state index contributed by atoms with van der Waals surface area (Å²) in [6.07, 6.45) is 0. The molecule has 0 spiro atoms. The highest BCUT2D eigenvalue weighted by atomic mass is 16.5. The molecule has 0 radical (unpaired) electrons. The van der Waals surface area contributed by atoms with Crippen LogP contribution in [0.4, 0.5) is 5.69 Å². The molecule has 0 amide bonds. The van der Waals surface area contributed by atoms with Crippen LogP contribution in [0.3, 0.4) is 0 Å². The number of nitrogens with one attached hydrogen (secondary N) is 1. The van der Waals surface area contributed by atoms with Gasteiger partial charge >= 0.3 is 5.97 Å². The van der Waals surface area contributed by atoms with Gasteiger partial charge in [-0.1, -0.05) is 12.1 Å². The van der Waals surface area contributed by atoms with E-state index in [2.05, 4.69) is 5.32 Å². The van der Waals surface area contributed by atoms with E-state index in [4.69, 9.17) is 4.74 Å². The van der Waals surface area contributed by atoms with Crippen molar-refractivity contribution in [2.45, 2.75) is 13.8 Å². The minimum atomic E-state index is -0.310. The van der Waals surface area contributed by atoms with E-state index in [1.165, 1.54) is 6.92 Å². The number of carbonyl (C=O) groups is 2. The quantitative estimate of drug-likeness (QED) is 0.609. The summed E-state index contributed by atoms with van der Waals surface area (Å²) in [7, 11) is 0. The number of hydrogen-bond donors (Lipinski definition) is 1. The maximum absolute atomic E-state index is 11.1. The van der Waals surface area contributed by atoms with Gasteiger partial charge in [-0.15, -0.1) is 0 Å². The van der Waals surface area contributed by atoms with E-state index in [1.807, 2.05) is 0 Å². The highest BCUT2D eigenvalue weighted by Crippen LogP contribution is 2.10. The van der Waals surface area contributed by atoms with Crippen molar-refractivity contribution < 1.29 is 14.3 Å². The molecule has 1 aromatic carbocycles. The molecule has 86 valence electrons. The molecule has 0 atom stereocenters. The molecule has 0 heterocycles. The van der Waals surface area contributed by atoms with Crippen molar-refractivity contribution in [3.63, 3.8) is 0 Å². The van der Waals surface area contributed by atoms with E-state index in [1.54, 1.807) is 31.2 Å². The molecule has 1 aromatic rings. The van der Waals surface area contributed by atoms with Crippen molar-refractivity contribution in [2.24, 2.45) is 0 Å². The van der Waals surface area contributed by atoms with Crippen LogP contribution in [0.5, 0.6) is 0 Å². The maximum atomic E-state index is 11.1. The molecule has 1 rings (SSSR count). The number of anilines is 1. The molecule has 0 unspecified atom stereocenters. The van der Waals surface area contributed by atoms with Gasteiger partial charge < -0.3 is 10.1 Å². The van der Waals surface area contributed by atoms with E-state index in [9.17, 15) is 9.59 Å². The number of ketones is 1. The summed E-state index contributed by atoms with van der Waals surface area (Å²) in [5.74, 6) is -0.310. The van der Waals surface area contributed by atoms with Gasteiger partial charge in [0.1, 0.15) is 6.54 Å². The van der Waals surface area contributed by atoms with Crippen LogP contribution in [0.2, 0.25) is 0 Å². The van der Waals surface area contributed by atoms with Crippen molar-refractivity contribution >= 4 is 17.4 Å². The lowest BCUT2D eigenvalue weighted by molar-refractivity contribution is -0.140. The van der Waals surface area contributed by atoms with E-state index in [0.717, 1.165) is 5.69 Å². The number of rotatable bonds is 5. The molecule has 0 aromatic heterocycles. The monoisotopic (exact) mass is 221 g/mol. The second-order valence-corrected chi connectivity index (χ2v) is 3.30. The third kappa shape index (κ3) is 3.73. The number of esters is 1. The Bertz CT molecular complexity index is 388. The Kier molecular flexibility index (Phi) is 4.51. The van der Waals surface area contributed by atoms with E-state index < -0.39 is 0 Å². The molecule has 0 bridgehead atoms. The van der Waals surface area contributed by atoms with Gasteiger partial charge in [-0.3, -0.25) is 9.59 Å². The molecule has 16 heavy (non-hydrogen) atoms. The highest BCUT2D eigenvalue weighted by Gasteiger charge is 2.03. The van der Waals surface area contributed by atoms with Gasteiger partial charge in [0, 0.05) is 11.3 Å². The van der Waals surface area contributed by atoms with Crippen molar-refractivity contribution in [1.29, 1.82) is 0 Å². The Morgan fingerprint density at radius 2 is 2.12 bits per heavy atom. The molecule has 0 saturated heterocycles. The molecule has 0 aliphatic carbocycles. The Hall–Kier alpha value is -1.84. The van der Waals surface area contributed by atoms with Crippen LogP contribution in [0.1, 0.15) is 24.2 Å². The van der Waals surface area contributed by atoms with Gasteiger partial charge in [0.15, 0.2) is 5.78 Å². The molecule has 0 fully saturated rings. The predicted octanol–water partition coefficient (Wildman–Crippen LogP) is 1.86. The lowest BCUT2D eigenvalue weighted by Crippen LogP contribution is -2.16. The smallest absolute Gasteiger partial charge is 0.325 e. The summed E-state index contributed by atoms with van der Waals surface area (Å²) in [5.41, 5.74) is 1.36. The summed E-state index contributed by atoms with van der Waals surface area (Å²) >= 11 is 0. The fourth-order valence-corrected chi connectivity index (χ4v) is 1.23. The summed E-state index contributed by atoms with van der Waals surface area (Å²) in [6, 6.07) is 7.01. The summed E-state index contributed by atoms with van der Waals surface area (Å²) in [6.45, 7) is 3.74. The zero-order chi connectivity index (χ0) is 12.0. The van der Waals surface area contributed by atoms with Crippen LogP contribution in [0, 0.1) is 0 Å². The third-order valence-corrected chi connectivity index (χ3v) is 2.01. The first kappa shape index (κ1) is 12.2. The van der Waals surface area contributed by atoms with Crippen LogP contribution < -0.4 is 5.32 Å². The van der Waals surface area contributed by atoms with Crippen molar-refractivity contribution in [2.75, 3.05) is 18.5 Å². The van der Waals surface area contributed by atoms with E-state index >= 15 is 0 Å². The fraction of sp³-hybridized carbons (Fsp3) is 0.333. The summed E-state index contributed by atoms with van der Waals surface area (Å²) < 4.78 is 4.77. The lowest BCUT2D eigenvalue weighted by atomic mass is 10.1. The molecule has 4 nitrogen and oxygen atoms in total. The van der Waals surface area contributed by atoms with Crippen LogP contribution in [-0.4, -0.2) is 24.9 Å². The Balaban J connectivity index is 2.57. The average molecular weight is 221 g/mol. The predicted molar refractivity (Wildman–Crippen MR) is 61.6 cm³/mol. The van der Waals surface area contributed by atoms with Gasteiger partial charge in [0.25, 0.3) is 0 Å². The number of Topliss-reactive ketones (excluding diaryl/α,β-unsaturated/α-hetero) is 1. The first-order valence-corrected chi connectivity index (χ1v) is 5.14. The summed E-state index contributed by atoms with van der Waals surface area (Å²) in [4.78, 5) is 22.2. The molecule has 4 heteroatoms. The molecule has 0 saturated carbocycles. The number of carbonyl (C=O) groups excluding carboxylic acids is 2. The number of ether oxygens (including phenoxy) is 1. The fourth-order valence-electron chi connectivity index (χ4n) is 1.23. The average Bonchev–Trinajstić information content (AvgIpc) is 2.27. The Labute approximate surface area is 94.6 Å². The molecular weight excluding hydrogens is 206 g/mol. The largest absolute Gasteiger partial charge is 0.465 e. The van der Waals surface area contributed by atoms with Crippen LogP contribution in [-0.2, 0) is 9.53 Å². The number of benzene rings is 1. The Morgan fingerprint density at radius 1 is 1.38 bits per heavy atom. The third-order valence-electron chi connectivity index (χ3n) is 2.01. The number of hydrogen-bond acceptors (Lipinski definition) is 4. The standard InChI is InChI=1S/C12H15NO3/c1-3-16-12(15)8-13-11-6-4-5-10(7-11)9(2)14/h4-7,13H,3,8H2,1-2H3. The normalized spacial score (nSPS) is 9.62. The van der Waals surface area contributed by atoms with Gasteiger partial charge in [-0.25, -0.2) is 0 Å².